The first-order chi connectivity index (χ1) is 20.3. The molecule has 3 aromatic rings. The lowest BCUT2D eigenvalue weighted by Gasteiger charge is -2.26. The summed E-state index contributed by atoms with van der Waals surface area (Å²) in [6.07, 6.45) is 0.910. The zero-order valence-electron chi connectivity index (χ0n) is 24.4. The number of nitrogens with one attached hydrogen (secondary N) is 1. The smallest absolute Gasteiger partial charge is 0.344 e. The van der Waals surface area contributed by atoms with Crippen LogP contribution in [0.4, 0.5) is 0 Å². The van der Waals surface area contributed by atoms with E-state index in [1.54, 1.807) is 26.0 Å². The van der Waals surface area contributed by atoms with Gasteiger partial charge in [-0.3, -0.25) is 0 Å². The number of ether oxygens (including phenoxy) is 4. The second-order valence-corrected chi connectivity index (χ2v) is 10.1. The Hall–Kier alpha value is -3.59. The monoisotopic (exact) mass is 597 g/mol. The van der Waals surface area contributed by atoms with Crippen LogP contribution >= 0.6 is 11.6 Å². The lowest BCUT2D eigenvalue weighted by atomic mass is 9.85. The van der Waals surface area contributed by atoms with E-state index in [0.717, 1.165) is 29.5 Å². The molecule has 0 amide bonds. The Labute approximate surface area is 252 Å². The fraction of sp³-hybridized carbons (Fsp3) is 0.394. The third kappa shape index (κ3) is 10.7. The predicted octanol–water partition coefficient (Wildman–Crippen LogP) is 5.85. The number of esters is 2. The maximum Gasteiger partial charge on any atom is 0.344 e. The van der Waals surface area contributed by atoms with Gasteiger partial charge in [0.15, 0.2) is 13.2 Å². The van der Waals surface area contributed by atoms with Crippen LogP contribution in [0.5, 0.6) is 11.5 Å². The van der Waals surface area contributed by atoms with Crippen LogP contribution in [0.15, 0.2) is 72.8 Å². The minimum Gasteiger partial charge on any atom is -0.482 e. The molecule has 0 spiro atoms. The van der Waals surface area contributed by atoms with E-state index in [1.807, 2.05) is 60.7 Å². The first kappa shape index (κ1) is 32.9. The quantitative estimate of drug-likeness (QED) is 0.187. The Morgan fingerprint density at radius 1 is 0.786 bits per heavy atom. The van der Waals surface area contributed by atoms with Gasteiger partial charge >= 0.3 is 11.9 Å². The van der Waals surface area contributed by atoms with Gasteiger partial charge in [-0.2, -0.15) is 0 Å². The minimum absolute atomic E-state index is 0.00368. The normalized spacial score (nSPS) is 12.4. The van der Waals surface area contributed by atoms with Crippen LogP contribution < -0.4 is 14.8 Å². The Bertz CT molecular complexity index is 1180. The Morgan fingerprint density at radius 2 is 1.31 bits per heavy atom. The van der Waals surface area contributed by atoms with Crippen molar-refractivity contribution >= 4 is 23.5 Å². The molecule has 3 aromatic carbocycles. The van der Waals surface area contributed by atoms with Crippen molar-refractivity contribution < 1.29 is 33.6 Å². The number of hydrogen-bond donors (Lipinski definition) is 2. The highest BCUT2D eigenvalue weighted by Gasteiger charge is 2.21. The number of hydrogen-bond acceptors (Lipinski definition) is 8. The minimum atomic E-state index is -0.692. The SMILES string of the molecule is CCOC(=O)COc1ccc(C(CC(CC)NC[C@H](O)c2cccc(Cl)c2)c2ccc(OCC(=O)OCC)cc2)cc1. The Balaban J connectivity index is 1.75. The summed E-state index contributed by atoms with van der Waals surface area (Å²) in [7, 11) is 0. The molecule has 9 heteroatoms. The summed E-state index contributed by atoms with van der Waals surface area (Å²) in [5.41, 5.74) is 2.89. The van der Waals surface area contributed by atoms with Crippen LogP contribution in [0, 0.1) is 0 Å². The van der Waals surface area contributed by atoms with Crippen molar-refractivity contribution in [3.63, 3.8) is 0 Å². The van der Waals surface area contributed by atoms with Crippen molar-refractivity contribution in [1.82, 2.24) is 5.32 Å². The highest BCUT2D eigenvalue weighted by atomic mass is 35.5. The van der Waals surface area contributed by atoms with Crippen LogP contribution in [0.2, 0.25) is 5.02 Å². The summed E-state index contributed by atoms with van der Waals surface area (Å²) < 4.78 is 21.0. The molecule has 0 saturated carbocycles. The van der Waals surface area contributed by atoms with Crippen molar-refractivity contribution in [3.8, 4) is 11.5 Å². The van der Waals surface area contributed by atoms with Gasteiger partial charge in [0.25, 0.3) is 0 Å². The number of halogens is 1. The molecule has 0 radical (unpaired) electrons. The van der Waals surface area contributed by atoms with Crippen LogP contribution in [0.3, 0.4) is 0 Å². The molecule has 2 N–H and O–H groups in total. The molecule has 42 heavy (non-hydrogen) atoms. The molecular weight excluding hydrogens is 558 g/mol. The standard InChI is InChI=1S/C33H40ClNO7/c1-4-27(35-20-31(36)25-8-7-9-26(34)18-25)19-30(23-10-14-28(15-11-23)41-21-32(37)39-5-2)24-12-16-29(17-13-24)42-22-33(38)40-6-3/h7-18,27,30-31,35-36H,4-6,19-22H2,1-3H3/t27?,31-/m0/s1. The van der Waals surface area contributed by atoms with Gasteiger partial charge in [-0.05, 0) is 79.8 Å². The third-order valence-corrected chi connectivity index (χ3v) is 6.97. The van der Waals surface area contributed by atoms with Crippen LogP contribution in [0.1, 0.15) is 62.3 Å². The lowest BCUT2D eigenvalue weighted by Crippen LogP contribution is -2.33. The van der Waals surface area contributed by atoms with E-state index < -0.39 is 18.0 Å². The van der Waals surface area contributed by atoms with Gasteiger partial charge in [-0.15, -0.1) is 0 Å². The van der Waals surface area contributed by atoms with Crippen LogP contribution in [-0.4, -0.2) is 56.1 Å². The summed E-state index contributed by atoms with van der Waals surface area (Å²) >= 11 is 6.11. The number of carbonyl (C=O) groups excluding carboxylic acids is 2. The van der Waals surface area contributed by atoms with Crippen LogP contribution in [0.25, 0.3) is 0 Å². The van der Waals surface area contributed by atoms with Crippen molar-refractivity contribution in [2.45, 2.75) is 51.7 Å². The summed E-state index contributed by atoms with van der Waals surface area (Å²) in [5, 5.41) is 14.9. The van der Waals surface area contributed by atoms with E-state index in [4.69, 9.17) is 30.5 Å². The lowest BCUT2D eigenvalue weighted by molar-refractivity contribution is -0.146. The molecule has 0 aromatic heterocycles. The highest BCUT2D eigenvalue weighted by molar-refractivity contribution is 6.30. The first-order valence-electron chi connectivity index (χ1n) is 14.3. The molecule has 226 valence electrons. The van der Waals surface area contributed by atoms with Gasteiger partial charge < -0.3 is 29.4 Å². The molecule has 0 fully saturated rings. The zero-order valence-corrected chi connectivity index (χ0v) is 25.1. The zero-order chi connectivity index (χ0) is 30.3. The largest absolute Gasteiger partial charge is 0.482 e. The van der Waals surface area contributed by atoms with Crippen molar-refractivity contribution in [2.75, 3.05) is 33.0 Å². The second kappa shape index (κ2) is 17.4. The maximum absolute atomic E-state index is 11.7. The fourth-order valence-electron chi connectivity index (χ4n) is 4.54. The molecule has 0 saturated heterocycles. The molecule has 0 aliphatic carbocycles. The van der Waals surface area contributed by atoms with Gasteiger partial charge in [0.05, 0.1) is 19.3 Å². The van der Waals surface area contributed by atoms with E-state index in [2.05, 4.69) is 12.2 Å². The summed E-state index contributed by atoms with van der Waals surface area (Å²) in [6, 6.07) is 22.7. The average Bonchev–Trinajstić information content (AvgIpc) is 3.00. The van der Waals surface area contributed by atoms with Gasteiger partial charge in [-0.1, -0.05) is 54.9 Å². The number of aliphatic hydroxyl groups excluding tert-OH is 1. The van der Waals surface area contributed by atoms with E-state index >= 15 is 0 Å². The number of aliphatic hydroxyl groups is 1. The van der Waals surface area contributed by atoms with Gasteiger partial charge in [0, 0.05) is 23.5 Å². The average molecular weight is 598 g/mol. The van der Waals surface area contributed by atoms with E-state index in [-0.39, 0.29) is 25.2 Å². The van der Waals surface area contributed by atoms with Crippen molar-refractivity contribution in [1.29, 1.82) is 0 Å². The summed E-state index contributed by atoms with van der Waals surface area (Å²) in [4.78, 5) is 23.4. The molecule has 8 nitrogen and oxygen atoms in total. The molecule has 2 atom stereocenters. The van der Waals surface area contributed by atoms with Crippen molar-refractivity contribution in [2.24, 2.45) is 0 Å². The summed E-state index contributed by atoms with van der Waals surface area (Å²) in [6.45, 7) is 6.30. The molecule has 1 unspecified atom stereocenters. The highest BCUT2D eigenvalue weighted by Crippen LogP contribution is 2.32. The molecular formula is C33H40ClNO7. The van der Waals surface area contributed by atoms with E-state index in [0.29, 0.717) is 36.3 Å². The molecule has 0 aliphatic rings. The molecule has 0 heterocycles. The van der Waals surface area contributed by atoms with Gasteiger partial charge in [0.1, 0.15) is 11.5 Å². The van der Waals surface area contributed by atoms with Gasteiger partial charge in [-0.25, -0.2) is 9.59 Å². The first-order valence-corrected chi connectivity index (χ1v) is 14.6. The van der Waals surface area contributed by atoms with E-state index in [9.17, 15) is 14.7 Å². The number of benzene rings is 3. The molecule has 0 bridgehead atoms. The summed E-state index contributed by atoms with van der Waals surface area (Å²) in [5.74, 6) is 0.318. The Morgan fingerprint density at radius 3 is 1.76 bits per heavy atom. The van der Waals surface area contributed by atoms with Crippen molar-refractivity contribution in [3.05, 3.63) is 94.5 Å². The van der Waals surface area contributed by atoms with Crippen LogP contribution in [-0.2, 0) is 19.1 Å². The third-order valence-electron chi connectivity index (χ3n) is 6.74. The fourth-order valence-corrected chi connectivity index (χ4v) is 4.73. The topological polar surface area (TPSA) is 103 Å². The Kier molecular flexibility index (Phi) is 13.6. The number of carbonyl (C=O) groups is 2. The number of rotatable bonds is 17. The maximum atomic E-state index is 11.7. The molecule has 3 rings (SSSR count). The molecule has 0 aliphatic heterocycles. The second-order valence-electron chi connectivity index (χ2n) is 9.70. The van der Waals surface area contributed by atoms with Gasteiger partial charge in [0.2, 0.25) is 0 Å². The van der Waals surface area contributed by atoms with E-state index in [1.165, 1.54) is 0 Å². The predicted molar refractivity (Wildman–Crippen MR) is 162 cm³/mol.